The summed E-state index contributed by atoms with van der Waals surface area (Å²) in [5.74, 6) is 0. The topological polar surface area (TPSA) is 0 Å². The molecular formula is C18H19Br3. The number of aryl methyl sites for hydroxylation is 1. The lowest BCUT2D eigenvalue weighted by Gasteiger charge is -2.31. The van der Waals surface area contributed by atoms with Crippen molar-refractivity contribution in [3.63, 3.8) is 0 Å². The van der Waals surface area contributed by atoms with E-state index in [0.29, 0.717) is 0 Å². The number of alkyl halides is 2. The molecular weight excluding hydrogens is 456 g/mol. The Balaban J connectivity index is 2.06. The van der Waals surface area contributed by atoms with Gasteiger partial charge in [0.25, 0.3) is 0 Å². The maximum absolute atomic E-state index is 3.73. The van der Waals surface area contributed by atoms with Crippen molar-refractivity contribution in [3.05, 3.63) is 70.2 Å². The monoisotopic (exact) mass is 472 g/mol. The molecule has 0 fully saturated rings. The van der Waals surface area contributed by atoms with Crippen LogP contribution in [-0.2, 0) is 11.8 Å². The second-order valence-electron chi connectivity index (χ2n) is 5.39. The molecule has 0 aliphatic rings. The standard InChI is InChI=1S/C18H19Br3/c19-13-18(14-20,16-8-10-17(21)11-9-16)12-4-7-15-5-2-1-3-6-15/h1-3,5-6,8-11H,4,7,12-14H2. The Morgan fingerprint density at radius 1 is 0.810 bits per heavy atom. The first-order valence-electron chi connectivity index (χ1n) is 7.12. The predicted octanol–water partition coefficient (Wildman–Crippen LogP) is 6.50. The molecule has 0 nitrogen and oxygen atoms in total. The number of halogens is 3. The van der Waals surface area contributed by atoms with Gasteiger partial charge >= 0.3 is 0 Å². The van der Waals surface area contributed by atoms with Gasteiger partial charge in [-0.15, -0.1) is 0 Å². The smallest absolute Gasteiger partial charge is 0.0175 e. The fourth-order valence-corrected chi connectivity index (χ4v) is 4.95. The Morgan fingerprint density at radius 3 is 2.00 bits per heavy atom. The lowest BCUT2D eigenvalue weighted by Crippen LogP contribution is -2.30. The van der Waals surface area contributed by atoms with Gasteiger partial charge in [-0.2, -0.15) is 0 Å². The summed E-state index contributed by atoms with van der Waals surface area (Å²) in [6.07, 6.45) is 3.50. The number of rotatable bonds is 7. The van der Waals surface area contributed by atoms with E-state index >= 15 is 0 Å². The second-order valence-corrected chi connectivity index (χ2v) is 7.43. The minimum absolute atomic E-state index is 0.162. The van der Waals surface area contributed by atoms with Crippen LogP contribution in [-0.4, -0.2) is 10.7 Å². The minimum Gasteiger partial charge on any atom is -0.0918 e. The first-order chi connectivity index (χ1) is 10.2. The van der Waals surface area contributed by atoms with E-state index in [1.54, 1.807) is 0 Å². The van der Waals surface area contributed by atoms with Gasteiger partial charge in [0.15, 0.2) is 0 Å². The lowest BCUT2D eigenvalue weighted by molar-refractivity contribution is 0.484. The van der Waals surface area contributed by atoms with Crippen molar-refractivity contribution >= 4 is 47.8 Å². The van der Waals surface area contributed by atoms with Crippen molar-refractivity contribution in [2.75, 3.05) is 10.7 Å². The molecule has 0 saturated carbocycles. The third-order valence-electron chi connectivity index (χ3n) is 3.93. The van der Waals surface area contributed by atoms with Crippen molar-refractivity contribution in [2.45, 2.75) is 24.7 Å². The van der Waals surface area contributed by atoms with Gasteiger partial charge in [0.2, 0.25) is 0 Å². The van der Waals surface area contributed by atoms with E-state index < -0.39 is 0 Å². The molecule has 2 rings (SSSR count). The lowest BCUT2D eigenvalue weighted by atomic mass is 9.80. The van der Waals surface area contributed by atoms with Crippen LogP contribution in [0.3, 0.4) is 0 Å². The van der Waals surface area contributed by atoms with Gasteiger partial charge in [0.05, 0.1) is 0 Å². The van der Waals surface area contributed by atoms with E-state index in [0.717, 1.165) is 21.6 Å². The van der Waals surface area contributed by atoms with Gasteiger partial charge in [-0.3, -0.25) is 0 Å². The summed E-state index contributed by atoms with van der Waals surface area (Å²) in [5.41, 5.74) is 2.98. The van der Waals surface area contributed by atoms with Crippen LogP contribution < -0.4 is 0 Å². The highest BCUT2D eigenvalue weighted by Gasteiger charge is 2.29. The molecule has 0 aromatic heterocycles. The first kappa shape index (κ1) is 17.2. The maximum atomic E-state index is 3.73. The van der Waals surface area contributed by atoms with E-state index in [2.05, 4.69) is 102 Å². The Morgan fingerprint density at radius 2 is 1.43 bits per heavy atom. The zero-order valence-electron chi connectivity index (χ0n) is 11.9. The Hall–Kier alpha value is -0.120. The molecule has 2 aromatic carbocycles. The van der Waals surface area contributed by atoms with Gasteiger partial charge < -0.3 is 0 Å². The molecule has 0 N–H and O–H groups in total. The molecule has 2 aromatic rings. The number of benzene rings is 2. The molecule has 0 amide bonds. The summed E-state index contributed by atoms with van der Waals surface area (Å²) >= 11 is 11.0. The van der Waals surface area contributed by atoms with Crippen LogP contribution in [0.15, 0.2) is 59.1 Å². The fourth-order valence-electron chi connectivity index (χ4n) is 2.55. The molecule has 0 spiro atoms. The zero-order valence-corrected chi connectivity index (χ0v) is 16.6. The third-order valence-corrected chi connectivity index (χ3v) is 6.61. The summed E-state index contributed by atoms with van der Waals surface area (Å²) in [6, 6.07) is 19.5. The van der Waals surface area contributed by atoms with Gasteiger partial charge in [-0.05, 0) is 42.5 Å². The summed E-state index contributed by atoms with van der Waals surface area (Å²) in [5, 5.41) is 1.95. The Kier molecular flexibility index (Phi) is 6.97. The molecule has 112 valence electrons. The van der Waals surface area contributed by atoms with Crippen LogP contribution in [0.5, 0.6) is 0 Å². The molecule has 0 unspecified atom stereocenters. The molecule has 0 heterocycles. The van der Waals surface area contributed by atoms with Crippen LogP contribution in [0, 0.1) is 0 Å². The molecule has 0 aliphatic heterocycles. The highest BCUT2D eigenvalue weighted by Crippen LogP contribution is 2.34. The minimum atomic E-state index is 0.162. The van der Waals surface area contributed by atoms with Crippen molar-refractivity contribution in [3.8, 4) is 0 Å². The van der Waals surface area contributed by atoms with Crippen molar-refractivity contribution < 1.29 is 0 Å². The predicted molar refractivity (Wildman–Crippen MR) is 103 cm³/mol. The Labute approximate surface area is 152 Å². The van der Waals surface area contributed by atoms with Crippen LogP contribution in [0.2, 0.25) is 0 Å². The van der Waals surface area contributed by atoms with E-state index in [9.17, 15) is 0 Å². The van der Waals surface area contributed by atoms with Gasteiger partial charge in [-0.25, -0.2) is 0 Å². The SMILES string of the molecule is BrCC(CBr)(CCCc1ccccc1)c1ccc(Br)cc1. The van der Waals surface area contributed by atoms with Gasteiger partial charge in [0.1, 0.15) is 0 Å². The average molecular weight is 475 g/mol. The molecule has 3 heteroatoms. The highest BCUT2D eigenvalue weighted by molar-refractivity contribution is 9.10. The van der Waals surface area contributed by atoms with Crippen LogP contribution in [0.1, 0.15) is 24.0 Å². The summed E-state index contributed by atoms with van der Waals surface area (Å²) in [6.45, 7) is 0. The molecule has 0 radical (unpaired) electrons. The van der Waals surface area contributed by atoms with Gasteiger partial charge in [-0.1, -0.05) is 90.3 Å². The quantitative estimate of drug-likeness (QED) is 0.402. The summed E-state index contributed by atoms with van der Waals surface area (Å²) < 4.78 is 1.13. The zero-order chi connectivity index (χ0) is 15.1. The highest BCUT2D eigenvalue weighted by atomic mass is 79.9. The van der Waals surface area contributed by atoms with E-state index in [1.165, 1.54) is 24.0 Å². The van der Waals surface area contributed by atoms with Crippen molar-refractivity contribution in [2.24, 2.45) is 0 Å². The summed E-state index contributed by atoms with van der Waals surface area (Å²) in [4.78, 5) is 0. The summed E-state index contributed by atoms with van der Waals surface area (Å²) in [7, 11) is 0. The van der Waals surface area contributed by atoms with Crippen LogP contribution >= 0.6 is 47.8 Å². The number of hydrogen-bond acceptors (Lipinski definition) is 0. The fraction of sp³-hybridized carbons (Fsp3) is 0.333. The number of hydrogen-bond donors (Lipinski definition) is 0. The molecule has 0 bridgehead atoms. The van der Waals surface area contributed by atoms with Crippen molar-refractivity contribution in [1.29, 1.82) is 0 Å². The average Bonchev–Trinajstić information content (AvgIpc) is 2.54. The maximum Gasteiger partial charge on any atom is 0.0175 e. The molecule has 0 saturated heterocycles. The van der Waals surface area contributed by atoms with E-state index in [4.69, 9.17) is 0 Å². The van der Waals surface area contributed by atoms with E-state index in [-0.39, 0.29) is 5.41 Å². The second kappa shape index (κ2) is 8.50. The van der Waals surface area contributed by atoms with Gasteiger partial charge in [0, 0.05) is 20.5 Å². The van der Waals surface area contributed by atoms with Crippen LogP contribution in [0.4, 0.5) is 0 Å². The van der Waals surface area contributed by atoms with Crippen LogP contribution in [0.25, 0.3) is 0 Å². The van der Waals surface area contributed by atoms with E-state index in [1.807, 2.05) is 0 Å². The molecule has 0 atom stereocenters. The third kappa shape index (κ3) is 4.67. The Bertz CT molecular complexity index is 530. The molecule has 21 heavy (non-hydrogen) atoms. The first-order valence-corrected chi connectivity index (χ1v) is 10.2. The van der Waals surface area contributed by atoms with Crippen molar-refractivity contribution in [1.82, 2.24) is 0 Å². The normalized spacial score (nSPS) is 11.6. The largest absolute Gasteiger partial charge is 0.0918 e. The molecule has 0 aliphatic carbocycles.